The van der Waals surface area contributed by atoms with E-state index in [-0.39, 0.29) is 0 Å². The average Bonchev–Trinajstić information content (AvgIpc) is 1.61. The zero-order valence-corrected chi connectivity index (χ0v) is 6.47. The maximum atomic E-state index is 12.1. The zero-order chi connectivity index (χ0) is 8.21. The fraction of sp³-hybridized carbons (Fsp3) is 1.00. The molecule has 0 atom stereocenters. The van der Waals surface area contributed by atoms with E-state index in [1.165, 1.54) is 0 Å². The summed E-state index contributed by atoms with van der Waals surface area (Å²) in [5.41, 5.74) is 0. The minimum atomic E-state index is -4.86. The molecule has 0 aliphatic carbocycles. The van der Waals surface area contributed by atoms with Crippen molar-refractivity contribution in [2.45, 2.75) is 9.77 Å². The first-order chi connectivity index (χ1) is 4.21. The lowest BCUT2D eigenvalue weighted by atomic mass is 10.7. The van der Waals surface area contributed by atoms with Crippen LogP contribution in [0.5, 0.6) is 0 Å². The largest absolute Gasteiger partial charge is 0.427 e. The summed E-state index contributed by atoms with van der Waals surface area (Å²) in [6.45, 7) is 0. The maximum absolute atomic E-state index is 12.1. The topological polar surface area (TPSA) is 43.4 Å². The monoisotopic (exact) mass is 212 g/mol. The SMILES string of the molecule is O=S1(=O)OC(Cl)(Cl)C1(F)F. The maximum Gasteiger partial charge on any atom is 0.427 e. The van der Waals surface area contributed by atoms with Crippen molar-refractivity contribution < 1.29 is 21.4 Å². The molecule has 0 N–H and O–H groups in total. The van der Waals surface area contributed by atoms with Gasteiger partial charge in [0.25, 0.3) is 0 Å². The van der Waals surface area contributed by atoms with Crippen LogP contribution in [0.1, 0.15) is 0 Å². The highest BCUT2D eigenvalue weighted by molar-refractivity contribution is 7.89. The molecule has 0 bridgehead atoms. The van der Waals surface area contributed by atoms with Crippen LogP contribution in [-0.2, 0) is 14.3 Å². The molecule has 1 fully saturated rings. The van der Waals surface area contributed by atoms with Gasteiger partial charge in [0.2, 0.25) is 0 Å². The van der Waals surface area contributed by atoms with E-state index >= 15 is 0 Å². The molecule has 8 heteroatoms. The highest BCUT2D eigenvalue weighted by atomic mass is 35.5. The fourth-order valence-corrected chi connectivity index (χ4v) is 2.11. The molecule has 0 unspecified atom stereocenters. The highest BCUT2D eigenvalue weighted by Gasteiger charge is 2.76. The summed E-state index contributed by atoms with van der Waals surface area (Å²) in [7, 11) is -4.86. The molecule has 0 amide bonds. The van der Waals surface area contributed by atoms with Crippen LogP contribution in [-0.4, -0.2) is 18.2 Å². The second kappa shape index (κ2) is 1.74. The Morgan fingerprint density at radius 2 is 1.70 bits per heavy atom. The molecular formula is C2Cl2F2O3S. The van der Waals surface area contributed by atoms with E-state index in [2.05, 4.69) is 4.18 Å². The van der Waals surface area contributed by atoms with Crippen LogP contribution < -0.4 is 0 Å². The Balaban J connectivity index is 3.08. The van der Waals surface area contributed by atoms with Crippen LogP contribution >= 0.6 is 23.2 Å². The number of rotatable bonds is 0. The molecule has 60 valence electrons. The van der Waals surface area contributed by atoms with E-state index in [0.29, 0.717) is 0 Å². The molecule has 0 spiro atoms. The molecule has 3 nitrogen and oxygen atoms in total. The zero-order valence-electron chi connectivity index (χ0n) is 4.14. The molecule has 0 radical (unpaired) electrons. The number of hydrogen-bond acceptors (Lipinski definition) is 3. The Hall–Kier alpha value is 0.350. The van der Waals surface area contributed by atoms with Crippen molar-refractivity contribution in [3.05, 3.63) is 0 Å². The van der Waals surface area contributed by atoms with Crippen LogP contribution in [0.25, 0.3) is 0 Å². The van der Waals surface area contributed by atoms with Crippen molar-refractivity contribution in [2.75, 3.05) is 0 Å². The van der Waals surface area contributed by atoms with Crippen molar-refractivity contribution in [2.24, 2.45) is 0 Å². The van der Waals surface area contributed by atoms with E-state index in [0.717, 1.165) is 0 Å². The van der Waals surface area contributed by atoms with Crippen LogP contribution in [0.3, 0.4) is 0 Å². The molecule has 0 saturated carbocycles. The van der Waals surface area contributed by atoms with E-state index in [4.69, 9.17) is 23.2 Å². The van der Waals surface area contributed by atoms with Gasteiger partial charge in [-0.2, -0.15) is 17.2 Å². The minimum Gasteiger partial charge on any atom is -0.218 e. The van der Waals surface area contributed by atoms with E-state index in [1.807, 2.05) is 0 Å². The summed E-state index contributed by atoms with van der Waals surface area (Å²) in [6.07, 6.45) is 0. The predicted octanol–water partition coefficient (Wildman–Crippen LogP) is 1.07. The Labute approximate surface area is 65.0 Å². The molecular weight excluding hydrogens is 213 g/mol. The Bertz CT molecular complexity index is 258. The van der Waals surface area contributed by atoms with Gasteiger partial charge in [-0.15, -0.1) is 0 Å². The Kier molecular flexibility index (Phi) is 1.47. The number of alkyl halides is 4. The molecule has 0 aromatic heterocycles. The molecule has 1 aliphatic heterocycles. The molecule has 1 aliphatic rings. The lowest BCUT2D eigenvalue weighted by Gasteiger charge is -2.36. The lowest BCUT2D eigenvalue weighted by molar-refractivity contribution is -0.0704. The van der Waals surface area contributed by atoms with Crippen LogP contribution in [0.15, 0.2) is 0 Å². The molecule has 10 heavy (non-hydrogen) atoms. The van der Waals surface area contributed by atoms with Gasteiger partial charge in [0.05, 0.1) is 0 Å². The number of hydrogen-bond donors (Lipinski definition) is 0. The van der Waals surface area contributed by atoms with Crippen molar-refractivity contribution in [1.29, 1.82) is 0 Å². The smallest absolute Gasteiger partial charge is 0.218 e. The molecule has 0 aromatic carbocycles. The van der Waals surface area contributed by atoms with Gasteiger partial charge >= 0.3 is 19.9 Å². The van der Waals surface area contributed by atoms with Crippen LogP contribution in [0.4, 0.5) is 8.78 Å². The second-order valence-corrected chi connectivity index (χ2v) is 4.42. The van der Waals surface area contributed by atoms with Crippen LogP contribution in [0.2, 0.25) is 0 Å². The van der Waals surface area contributed by atoms with Crippen molar-refractivity contribution in [3.63, 3.8) is 0 Å². The minimum absolute atomic E-state index is 2.92. The summed E-state index contributed by atoms with van der Waals surface area (Å²) in [5, 5.41) is -4.21. The summed E-state index contributed by atoms with van der Waals surface area (Å²) in [6, 6.07) is 0. The Morgan fingerprint density at radius 3 is 1.70 bits per heavy atom. The summed E-state index contributed by atoms with van der Waals surface area (Å²) in [4.78, 5) is 0. The van der Waals surface area contributed by atoms with E-state index < -0.39 is 19.9 Å². The quantitative estimate of drug-likeness (QED) is 0.446. The first-order valence-electron chi connectivity index (χ1n) is 1.91. The lowest BCUT2D eigenvalue weighted by Crippen LogP contribution is -2.59. The van der Waals surface area contributed by atoms with Gasteiger partial charge in [-0.3, -0.25) is 0 Å². The van der Waals surface area contributed by atoms with Gasteiger partial charge in [0, 0.05) is 0 Å². The average molecular weight is 213 g/mol. The van der Waals surface area contributed by atoms with Crippen molar-refractivity contribution in [1.82, 2.24) is 0 Å². The molecule has 1 rings (SSSR count). The Morgan fingerprint density at radius 1 is 1.30 bits per heavy atom. The van der Waals surface area contributed by atoms with Gasteiger partial charge in [0.1, 0.15) is 0 Å². The van der Waals surface area contributed by atoms with Gasteiger partial charge in [-0.1, -0.05) is 23.2 Å². The van der Waals surface area contributed by atoms with Gasteiger partial charge < -0.3 is 0 Å². The molecule has 1 saturated heterocycles. The standard InChI is InChI=1S/C2Cl2F2O3S/c3-1(4)2(5,6)10(7,8)9-1. The third kappa shape index (κ3) is 0.761. The summed E-state index contributed by atoms with van der Waals surface area (Å²) >= 11 is 9.39. The third-order valence-corrected chi connectivity index (χ3v) is 3.29. The van der Waals surface area contributed by atoms with Gasteiger partial charge in [-0.05, 0) is 0 Å². The first kappa shape index (κ1) is 8.45. The number of halogens is 4. The van der Waals surface area contributed by atoms with Crippen molar-refractivity contribution >= 4 is 33.3 Å². The van der Waals surface area contributed by atoms with Crippen LogP contribution in [0, 0.1) is 0 Å². The third-order valence-electron chi connectivity index (χ3n) is 0.867. The van der Waals surface area contributed by atoms with Gasteiger partial charge in [0.15, 0.2) is 0 Å². The first-order valence-corrected chi connectivity index (χ1v) is 4.08. The summed E-state index contributed by atoms with van der Waals surface area (Å²) in [5.74, 6) is 0. The van der Waals surface area contributed by atoms with Gasteiger partial charge in [-0.25, -0.2) is 4.18 Å². The highest BCUT2D eigenvalue weighted by Crippen LogP contribution is 2.54. The van der Waals surface area contributed by atoms with Crippen molar-refractivity contribution in [3.8, 4) is 0 Å². The second-order valence-electron chi connectivity index (χ2n) is 1.57. The molecule has 0 aromatic rings. The normalized spacial score (nSPS) is 32.8. The summed E-state index contributed by atoms with van der Waals surface area (Å²) < 4.78 is 44.8. The fourth-order valence-electron chi connectivity index (χ4n) is 0.350. The van der Waals surface area contributed by atoms with E-state index in [1.54, 1.807) is 0 Å². The predicted molar refractivity (Wildman–Crippen MR) is 29.4 cm³/mol. The van der Waals surface area contributed by atoms with E-state index in [9.17, 15) is 17.2 Å². The molecule has 1 heterocycles.